The van der Waals surface area contributed by atoms with Gasteiger partial charge in [0.05, 0.1) is 17.6 Å². The summed E-state index contributed by atoms with van der Waals surface area (Å²) < 4.78 is 2.22. The van der Waals surface area contributed by atoms with Crippen molar-refractivity contribution in [2.24, 2.45) is 5.73 Å². The lowest BCUT2D eigenvalue weighted by molar-refractivity contribution is 0.401. The third-order valence-corrected chi connectivity index (χ3v) is 5.25. The van der Waals surface area contributed by atoms with E-state index in [0.717, 1.165) is 47.0 Å². The van der Waals surface area contributed by atoms with Crippen LogP contribution in [0.1, 0.15) is 31.2 Å². The van der Waals surface area contributed by atoms with Crippen LogP contribution in [-0.2, 0) is 6.54 Å². The molecule has 1 heterocycles. The number of hydrogen-bond donors (Lipinski definition) is 2. The van der Waals surface area contributed by atoms with Crippen LogP contribution in [0.2, 0.25) is 5.02 Å². The summed E-state index contributed by atoms with van der Waals surface area (Å²) in [5.41, 5.74) is 9.60. The topological polar surface area (TPSA) is 55.9 Å². The molecule has 1 saturated carbocycles. The minimum Gasteiger partial charge on any atom is -0.351 e. The van der Waals surface area contributed by atoms with Crippen molar-refractivity contribution < 1.29 is 0 Å². The van der Waals surface area contributed by atoms with Crippen LogP contribution in [0.5, 0.6) is 0 Å². The molecule has 1 aliphatic rings. The average molecular weight is 355 g/mol. The van der Waals surface area contributed by atoms with Crippen LogP contribution in [0.25, 0.3) is 11.0 Å². The van der Waals surface area contributed by atoms with Gasteiger partial charge in [0, 0.05) is 17.1 Å². The predicted molar refractivity (Wildman–Crippen MR) is 104 cm³/mol. The molecule has 0 bridgehead atoms. The van der Waals surface area contributed by atoms with Gasteiger partial charge in [-0.3, -0.25) is 0 Å². The number of benzene rings is 2. The van der Waals surface area contributed by atoms with Gasteiger partial charge in [-0.1, -0.05) is 48.7 Å². The fraction of sp³-hybridized carbons (Fsp3) is 0.350. The lowest BCUT2D eigenvalue weighted by atomic mass is 9.91. The van der Waals surface area contributed by atoms with E-state index in [4.69, 9.17) is 22.3 Å². The highest BCUT2D eigenvalue weighted by Crippen LogP contribution is 2.25. The molecule has 4 rings (SSSR count). The number of aromatic nitrogens is 2. The summed E-state index contributed by atoms with van der Waals surface area (Å²) in [6.45, 7) is 0.728. The van der Waals surface area contributed by atoms with Crippen LogP contribution in [0.4, 0.5) is 5.95 Å². The van der Waals surface area contributed by atoms with Crippen molar-refractivity contribution >= 4 is 28.6 Å². The highest BCUT2D eigenvalue weighted by molar-refractivity contribution is 6.30. The van der Waals surface area contributed by atoms with Gasteiger partial charge in [-0.15, -0.1) is 0 Å². The number of anilines is 1. The molecule has 0 radical (unpaired) electrons. The molecular formula is C20H23ClN4. The monoisotopic (exact) mass is 354 g/mol. The summed E-state index contributed by atoms with van der Waals surface area (Å²) in [5.74, 6) is 0.892. The van der Waals surface area contributed by atoms with E-state index in [1.165, 1.54) is 12.8 Å². The van der Waals surface area contributed by atoms with Crippen molar-refractivity contribution in [3.63, 3.8) is 0 Å². The Morgan fingerprint density at radius 2 is 1.96 bits per heavy atom. The first-order valence-electron chi connectivity index (χ1n) is 8.92. The molecule has 0 unspecified atom stereocenters. The minimum absolute atomic E-state index is 0.188. The second-order valence-corrected chi connectivity index (χ2v) is 7.28. The lowest BCUT2D eigenvalue weighted by Gasteiger charge is -2.29. The summed E-state index contributed by atoms with van der Waals surface area (Å²) in [6.07, 6.45) is 4.62. The zero-order chi connectivity index (χ0) is 17.2. The Labute approximate surface area is 153 Å². The summed E-state index contributed by atoms with van der Waals surface area (Å²) in [6, 6.07) is 16.7. The number of imidazole rings is 1. The maximum atomic E-state index is 6.33. The van der Waals surface area contributed by atoms with Gasteiger partial charge in [-0.25, -0.2) is 4.98 Å². The molecule has 1 aromatic heterocycles. The largest absolute Gasteiger partial charge is 0.351 e. The molecular weight excluding hydrogens is 332 g/mol. The van der Waals surface area contributed by atoms with E-state index in [2.05, 4.69) is 34.1 Å². The summed E-state index contributed by atoms with van der Waals surface area (Å²) >= 11 is 6.16. The summed E-state index contributed by atoms with van der Waals surface area (Å²) in [5, 5.41) is 4.37. The molecule has 1 aliphatic carbocycles. The quantitative estimate of drug-likeness (QED) is 0.729. The van der Waals surface area contributed by atoms with E-state index in [1.807, 2.05) is 24.3 Å². The van der Waals surface area contributed by atoms with E-state index in [1.54, 1.807) is 0 Å². The number of nitrogens with two attached hydrogens (primary N) is 1. The van der Waals surface area contributed by atoms with Crippen LogP contribution in [0, 0.1) is 0 Å². The van der Waals surface area contributed by atoms with Crippen LogP contribution in [-0.4, -0.2) is 21.6 Å². The van der Waals surface area contributed by atoms with Crippen LogP contribution in [0.15, 0.2) is 48.5 Å². The predicted octanol–water partition coefficient (Wildman–Crippen LogP) is 4.42. The van der Waals surface area contributed by atoms with E-state index < -0.39 is 0 Å². The first-order chi connectivity index (χ1) is 12.2. The van der Waals surface area contributed by atoms with E-state index in [9.17, 15) is 0 Å². The van der Waals surface area contributed by atoms with Gasteiger partial charge in [0.25, 0.3) is 0 Å². The third kappa shape index (κ3) is 3.51. The molecule has 3 aromatic rings. The van der Waals surface area contributed by atoms with Gasteiger partial charge in [0.2, 0.25) is 5.95 Å². The van der Waals surface area contributed by atoms with Gasteiger partial charge >= 0.3 is 0 Å². The van der Waals surface area contributed by atoms with Crippen molar-refractivity contribution in [2.45, 2.75) is 44.3 Å². The Morgan fingerprint density at radius 1 is 1.12 bits per heavy atom. The highest BCUT2D eigenvalue weighted by Gasteiger charge is 2.23. The zero-order valence-electron chi connectivity index (χ0n) is 14.2. The Bertz CT molecular complexity index is 873. The van der Waals surface area contributed by atoms with E-state index in [-0.39, 0.29) is 12.1 Å². The maximum absolute atomic E-state index is 6.33. The average Bonchev–Trinajstić information content (AvgIpc) is 2.95. The number of fused-ring (bicyclic) bond motifs is 1. The maximum Gasteiger partial charge on any atom is 0.204 e. The molecule has 5 heteroatoms. The Kier molecular flexibility index (Phi) is 4.64. The van der Waals surface area contributed by atoms with Crippen molar-refractivity contribution in [2.75, 3.05) is 5.32 Å². The Morgan fingerprint density at radius 3 is 2.80 bits per heavy atom. The van der Waals surface area contributed by atoms with Gasteiger partial charge < -0.3 is 15.6 Å². The SMILES string of the molecule is N[C@@H]1CCCC[C@H]1Nc1nc2ccccc2n1Cc1cccc(Cl)c1. The number of halogens is 1. The molecule has 4 nitrogen and oxygen atoms in total. The normalized spacial score (nSPS) is 20.7. The van der Waals surface area contributed by atoms with Crippen LogP contribution < -0.4 is 11.1 Å². The second-order valence-electron chi connectivity index (χ2n) is 6.84. The molecule has 3 N–H and O–H groups in total. The van der Waals surface area contributed by atoms with Gasteiger partial charge in [0.15, 0.2) is 0 Å². The fourth-order valence-corrected chi connectivity index (χ4v) is 3.88. The molecule has 0 amide bonds. The molecule has 2 atom stereocenters. The van der Waals surface area contributed by atoms with Crippen molar-refractivity contribution in [3.8, 4) is 0 Å². The summed E-state index contributed by atoms with van der Waals surface area (Å²) in [7, 11) is 0. The molecule has 0 aliphatic heterocycles. The second kappa shape index (κ2) is 7.06. The smallest absolute Gasteiger partial charge is 0.204 e. The first-order valence-corrected chi connectivity index (χ1v) is 9.30. The van der Waals surface area contributed by atoms with Crippen LogP contribution >= 0.6 is 11.6 Å². The Balaban J connectivity index is 1.70. The number of hydrogen-bond acceptors (Lipinski definition) is 3. The fourth-order valence-electron chi connectivity index (χ4n) is 3.67. The molecule has 25 heavy (non-hydrogen) atoms. The lowest BCUT2D eigenvalue weighted by Crippen LogP contribution is -2.43. The van der Waals surface area contributed by atoms with Gasteiger partial charge in [0.1, 0.15) is 0 Å². The van der Waals surface area contributed by atoms with E-state index in [0.29, 0.717) is 0 Å². The van der Waals surface area contributed by atoms with E-state index >= 15 is 0 Å². The number of nitrogens with one attached hydrogen (secondary N) is 1. The van der Waals surface area contributed by atoms with Crippen molar-refractivity contribution in [1.29, 1.82) is 0 Å². The molecule has 2 aromatic carbocycles. The highest BCUT2D eigenvalue weighted by atomic mass is 35.5. The van der Waals surface area contributed by atoms with Gasteiger partial charge in [-0.05, 0) is 42.7 Å². The minimum atomic E-state index is 0.188. The molecule has 0 spiro atoms. The molecule has 0 saturated heterocycles. The molecule has 130 valence electrons. The van der Waals surface area contributed by atoms with Crippen molar-refractivity contribution in [3.05, 3.63) is 59.1 Å². The number of rotatable bonds is 4. The van der Waals surface area contributed by atoms with Crippen molar-refractivity contribution in [1.82, 2.24) is 9.55 Å². The molecule has 1 fully saturated rings. The summed E-state index contributed by atoms with van der Waals surface area (Å²) in [4.78, 5) is 4.82. The number of para-hydroxylation sites is 2. The third-order valence-electron chi connectivity index (χ3n) is 5.02. The van der Waals surface area contributed by atoms with Crippen LogP contribution in [0.3, 0.4) is 0 Å². The Hall–Kier alpha value is -2.04. The number of nitrogens with zero attached hydrogens (tertiary/aromatic N) is 2. The van der Waals surface area contributed by atoms with Gasteiger partial charge in [-0.2, -0.15) is 0 Å². The first kappa shape index (κ1) is 16.4. The zero-order valence-corrected chi connectivity index (χ0v) is 14.9. The standard InChI is InChI=1S/C20H23ClN4/c21-15-7-5-6-14(12-15)13-25-19-11-4-3-10-18(19)24-20(25)23-17-9-2-1-8-16(17)22/h3-7,10-12,16-17H,1-2,8-9,13,22H2,(H,23,24)/t16-,17-/m1/s1.